The van der Waals surface area contributed by atoms with Gasteiger partial charge >= 0.3 is 6.61 Å². The average molecular weight is 232 g/mol. The summed E-state index contributed by atoms with van der Waals surface area (Å²) in [6, 6.07) is 2.39. The van der Waals surface area contributed by atoms with Crippen LogP contribution >= 0.6 is 12.6 Å². The Bertz CT molecular complexity index is 393. The Morgan fingerprint density at radius 1 is 1.27 bits per heavy atom. The summed E-state index contributed by atoms with van der Waals surface area (Å²) >= 11 is 3.84. The number of thiol groups is 1. The molecule has 0 N–H and O–H groups in total. The third-order valence-electron chi connectivity index (χ3n) is 1.59. The first kappa shape index (κ1) is 11.6. The number of ether oxygens (including phenoxy) is 1. The lowest BCUT2D eigenvalue weighted by molar-refractivity contribution is -0.0518. The van der Waals surface area contributed by atoms with E-state index in [2.05, 4.69) is 17.4 Å². The molecule has 0 amide bonds. The molecular weight excluding hydrogens is 226 g/mol. The van der Waals surface area contributed by atoms with E-state index in [4.69, 9.17) is 0 Å². The number of halogens is 2. The minimum atomic E-state index is -3.04. The third kappa shape index (κ3) is 2.76. The molecule has 0 atom stereocenters. The maximum absolute atomic E-state index is 12.0. The van der Waals surface area contributed by atoms with E-state index in [1.165, 1.54) is 6.07 Å². The number of carbonyl (C=O) groups is 2. The van der Waals surface area contributed by atoms with Crippen LogP contribution in [0.3, 0.4) is 0 Å². The summed E-state index contributed by atoms with van der Waals surface area (Å²) in [5, 5.41) is 0. The Kier molecular flexibility index (Phi) is 3.79. The molecule has 0 aliphatic rings. The second-order valence-corrected chi connectivity index (χ2v) is 3.05. The summed E-state index contributed by atoms with van der Waals surface area (Å²) in [7, 11) is 0. The predicted octanol–water partition coefficient (Wildman–Crippen LogP) is 2.20. The van der Waals surface area contributed by atoms with Crippen molar-refractivity contribution in [2.24, 2.45) is 0 Å². The highest BCUT2D eigenvalue weighted by atomic mass is 32.1. The van der Waals surface area contributed by atoms with Crippen molar-refractivity contribution in [3.05, 3.63) is 23.3 Å². The molecule has 15 heavy (non-hydrogen) atoms. The lowest BCUT2D eigenvalue weighted by atomic mass is 10.1. The van der Waals surface area contributed by atoms with Crippen molar-refractivity contribution in [3.8, 4) is 5.75 Å². The molecule has 0 aliphatic carbocycles. The second kappa shape index (κ2) is 4.88. The number of hydrogen-bond donors (Lipinski definition) is 1. The largest absolute Gasteiger partial charge is 0.433 e. The van der Waals surface area contributed by atoms with Crippen LogP contribution in [0.4, 0.5) is 8.78 Å². The fourth-order valence-electron chi connectivity index (χ4n) is 1.03. The van der Waals surface area contributed by atoms with E-state index in [9.17, 15) is 18.4 Å². The van der Waals surface area contributed by atoms with Crippen molar-refractivity contribution >= 4 is 25.2 Å². The fourth-order valence-corrected chi connectivity index (χ4v) is 1.36. The van der Waals surface area contributed by atoms with Crippen LogP contribution < -0.4 is 4.74 Å². The van der Waals surface area contributed by atoms with E-state index < -0.39 is 6.61 Å². The van der Waals surface area contributed by atoms with Crippen molar-refractivity contribution < 1.29 is 23.1 Å². The van der Waals surface area contributed by atoms with Gasteiger partial charge < -0.3 is 4.74 Å². The molecule has 3 nitrogen and oxygen atoms in total. The van der Waals surface area contributed by atoms with Crippen molar-refractivity contribution in [3.63, 3.8) is 0 Å². The number of hydrogen-bond acceptors (Lipinski definition) is 4. The standard InChI is InChI=1S/C9H6F2O3S/c10-9(11)14-8-6(4-13)1-5(3-12)2-7(8)15/h1-4,9,15H. The summed E-state index contributed by atoms with van der Waals surface area (Å²) < 4.78 is 28.0. The maximum Gasteiger partial charge on any atom is 0.387 e. The van der Waals surface area contributed by atoms with Crippen LogP contribution in [-0.4, -0.2) is 19.2 Å². The molecule has 0 spiro atoms. The van der Waals surface area contributed by atoms with E-state index in [1.54, 1.807) is 0 Å². The molecule has 0 fully saturated rings. The lowest BCUT2D eigenvalue weighted by Crippen LogP contribution is -2.05. The smallest absolute Gasteiger partial charge is 0.387 e. The quantitative estimate of drug-likeness (QED) is 0.639. The van der Waals surface area contributed by atoms with Gasteiger partial charge in [0.15, 0.2) is 6.29 Å². The highest BCUT2D eigenvalue weighted by Crippen LogP contribution is 2.28. The molecule has 1 aromatic carbocycles. The van der Waals surface area contributed by atoms with Gasteiger partial charge in [0.1, 0.15) is 12.0 Å². The van der Waals surface area contributed by atoms with Crippen LogP contribution in [0.15, 0.2) is 17.0 Å². The van der Waals surface area contributed by atoms with Crippen molar-refractivity contribution in [1.29, 1.82) is 0 Å². The van der Waals surface area contributed by atoms with Gasteiger partial charge in [0.05, 0.1) is 5.56 Å². The molecule has 1 rings (SSSR count). The molecule has 0 heterocycles. The molecule has 1 aromatic rings. The Hall–Kier alpha value is -1.43. The molecule has 0 saturated heterocycles. The second-order valence-electron chi connectivity index (χ2n) is 2.57. The molecule has 6 heteroatoms. The molecule has 80 valence electrons. The molecule has 0 unspecified atom stereocenters. The fraction of sp³-hybridized carbons (Fsp3) is 0.111. The van der Waals surface area contributed by atoms with Gasteiger partial charge in [0.2, 0.25) is 0 Å². The van der Waals surface area contributed by atoms with Crippen molar-refractivity contribution in [2.45, 2.75) is 11.5 Å². The van der Waals surface area contributed by atoms with Crippen LogP contribution in [0.2, 0.25) is 0 Å². The minimum absolute atomic E-state index is 0.0157. The minimum Gasteiger partial charge on any atom is -0.433 e. The first-order chi connectivity index (χ1) is 7.08. The lowest BCUT2D eigenvalue weighted by Gasteiger charge is -2.09. The monoisotopic (exact) mass is 232 g/mol. The van der Waals surface area contributed by atoms with E-state index in [0.29, 0.717) is 12.6 Å². The summed E-state index contributed by atoms with van der Waals surface area (Å²) in [6.07, 6.45) is 0.809. The van der Waals surface area contributed by atoms with Gasteiger partial charge in [-0.25, -0.2) is 0 Å². The molecule has 0 bridgehead atoms. The number of carbonyl (C=O) groups excluding carboxylic acids is 2. The topological polar surface area (TPSA) is 43.4 Å². The molecular formula is C9H6F2O3S. The first-order valence-electron chi connectivity index (χ1n) is 3.80. The van der Waals surface area contributed by atoms with E-state index in [-0.39, 0.29) is 21.8 Å². The predicted molar refractivity (Wildman–Crippen MR) is 51.1 cm³/mol. The SMILES string of the molecule is O=Cc1cc(S)c(OC(F)F)c(C=O)c1. The maximum atomic E-state index is 12.0. The zero-order valence-electron chi connectivity index (χ0n) is 7.31. The van der Waals surface area contributed by atoms with Crippen LogP contribution in [0.25, 0.3) is 0 Å². The Balaban J connectivity index is 3.24. The van der Waals surface area contributed by atoms with Crippen LogP contribution in [0.5, 0.6) is 5.75 Å². The van der Waals surface area contributed by atoms with E-state index in [0.717, 1.165) is 6.07 Å². The Morgan fingerprint density at radius 2 is 1.93 bits per heavy atom. The van der Waals surface area contributed by atoms with E-state index in [1.807, 2.05) is 0 Å². The van der Waals surface area contributed by atoms with Gasteiger partial charge in [-0.15, -0.1) is 12.6 Å². The zero-order valence-corrected chi connectivity index (χ0v) is 8.21. The number of rotatable bonds is 4. The zero-order chi connectivity index (χ0) is 11.4. The van der Waals surface area contributed by atoms with E-state index >= 15 is 0 Å². The Morgan fingerprint density at radius 3 is 2.40 bits per heavy atom. The van der Waals surface area contributed by atoms with Gasteiger partial charge in [-0.3, -0.25) is 9.59 Å². The highest BCUT2D eigenvalue weighted by molar-refractivity contribution is 7.80. The molecule has 0 aliphatic heterocycles. The number of aldehydes is 2. The van der Waals surface area contributed by atoms with Crippen LogP contribution in [0.1, 0.15) is 20.7 Å². The van der Waals surface area contributed by atoms with Crippen LogP contribution in [-0.2, 0) is 0 Å². The van der Waals surface area contributed by atoms with Gasteiger partial charge in [-0.2, -0.15) is 8.78 Å². The van der Waals surface area contributed by atoms with Gasteiger partial charge in [0.25, 0.3) is 0 Å². The van der Waals surface area contributed by atoms with Gasteiger partial charge in [0, 0.05) is 10.5 Å². The summed E-state index contributed by atoms with van der Waals surface area (Å²) in [5.41, 5.74) is 0.0358. The summed E-state index contributed by atoms with van der Waals surface area (Å²) in [6.45, 7) is -3.04. The summed E-state index contributed by atoms with van der Waals surface area (Å²) in [4.78, 5) is 21.0. The third-order valence-corrected chi connectivity index (χ3v) is 1.92. The number of alkyl halides is 2. The summed E-state index contributed by atoms with van der Waals surface area (Å²) in [5.74, 6) is -0.325. The van der Waals surface area contributed by atoms with Crippen molar-refractivity contribution in [2.75, 3.05) is 0 Å². The molecule has 0 saturated carbocycles. The highest BCUT2D eigenvalue weighted by Gasteiger charge is 2.14. The average Bonchev–Trinajstić information content (AvgIpc) is 2.20. The normalized spacial score (nSPS) is 10.1. The Labute approximate surface area is 89.4 Å². The molecule has 0 aromatic heterocycles. The number of benzene rings is 1. The van der Waals surface area contributed by atoms with Gasteiger partial charge in [-0.1, -0.05) is 0 Å². The van der Waals surface area contributed by atoms with Crippen molar-refractivity contribution in [1.82, 2.24) is 0 Å². The molecule has 0 radical (unpaired) electrons. The first-order valence-corrected chi connectivity index (χ1v) is 4.25. The van der Waals surface area contributed by atoms with Crippen LogP contribution in [0, 0.1) is 0 Å². The van der Waals surface area contributed by atoms with Gasteiger partial charge in [-0.05, 0) is 12.1 Å².